The number of nitrogens with zero attached hydrogens (tertiary/aromatic N) is 1. The highest BCUT2D eigenvalue weighted by Crippen LogP contribution is 2.37. The van der Waals surface area contributed by atoms with Gasteiger partial charge in [-0.05, 0) is 66.3 Å². The van der Waals surface area contributed by atoms with Gasteiger partial charge >= 0.3 is 0 Å². The van der Waals surface area contributed by atoms with Crippen molar-refractivity contribution in [3.05, 3.63) is 94.0 Å². The molecule has 0 fully saturated rings. The van der Waals surface area contributed by atoms with Gasteiger partial charge < -0.3 is 10.2 Å². The van der Waals surface area contributed by atoms with Crippen LogP contribution in [0.2, 0.25) is 5.02 Å². The monoisotopic (exact) mass is 448 g/mol. The quantitative estimate of drug-likeness (QED) is 0.511. The Bertz CT molecular complexity index is 1100. The standard InChI is InChI=1S/C26H25ClN2OS/c27-21-11-8-18(9-12-21)17-29-14-15-31-25-13-10-20(16-24(25)29)26(30)28-23-7-3-5-19-4-1-2-6-22(19)23/h1-2,4,6,8-13,16,23H,3,5,7,14-15,17H2,(H,28,30)/t23-/m0/s1. The molecule has 0 unspecified atom stereocenters. The molecule has 0 aromatic heterocycles. The van der Waals surface area contributed by atoms with Gasteiger partial charge in [-0.3, -0.25) is 4.79 Å². The van der Waals surface area contributed by atoms with Crippen molar-refractivity contribution < 1.29 is 4.79 Å². The minimum absolute atomic E-state index is 0.00604. The Morgan fingerprint density at radius 2 is 1.94 bits per heavy atom. The summed E-state index contributed by atoms with van der Waals surface area (Å²) in [7, 11) is 0. The predicted molar refractivity (Wildman–Crippen MR) is 129 cm³/mol. The zero-order valence-corrected chi connectivity index (χ0v) is 18.9. The summed E-state index contributed by atoms with van der Waals surface area (Å²) < 4.78 is 0. The van der Waals surface area contributed by atoms with Crippen molar-refractivity contribution in [2.75, 3.05) is 17.2 Å². The smallest absolute Gasteiger partial charge is 0.251 e. The number of benzene rings is 3. The fourth-order valence-electron chi connectivity index (χ4n) is 4.53. The number of hydrogen-bond acceptors (Lipinski definition) is 3. The molecule has 5 rings (SSSR count). The number of anilines is 1. The molecule has 1 N–H and O–H groups in total. The zero-order valence-electron chi connectivity index (χ0n) is 17.3. The number of carbonyl (C=O) groups is 1. The van der Waals surface area contributed by atoms with Crippen LogP contribution in [0.3, 0.4) is 0 Å². The maximum Gasteiger partial charge on any atom is 0.251 e. The van der Waals surface area contributed by atoms with E-state index in [4.69, 9.17) is 11.6 Å². The van der Waals surface area contributed by atoms with Crippen LogP contribution in [0.5, 0.6) is 0 Å². The van der Waals surface area contributed by atoms with E-state index < -0.39 is 0 Å². The molecule has 1 aliphatic heterocycles. The molecule has 31 heavy (non-hydrogen) atoms. The Labute approximate surface area is 192 Å². The van der Waals surface area contributed by atoms with E-state index in [2.05, 4.69) is 58.7 Å². The minimum Gasteiger partial charge on any atom is -0.365 e. The summed E-state index contributed by atoms with van der Waals surface area (Å²) in [6, 6.07) is 22.7. The molecule has 0 spiro atoms. The highest BCUT2D eigenvalue weighted by molar-refractivity contribution is 7.99. The molecule has 0 radical (unpaired) electrons. The maximum absolute atomic E-state index is 13.2. The lowest BCUT2D eigenvalue weighted by Crippen LogP contribution is -2.32. The summed E-state index contributed by atoms with van der Waals surface area (Å²) in [5, 5.41) is 4.04. The first-order valence-corrected chi connectivity index (χ1v) is 12.2. The van der Waals surface area contributed by atoms with E-state index >= 15 is 0 Å². The van der Waals surface area contributed by atoms with Crippen LogP contribution in [0, 0.1) is 0 Å². The molecule has 1 atom stereocenters. The minimum atomic E-state index is 0.00604. The average Bonchev–Trinajstić information content (AvgIpc) is 2.81. The largest absolute Gasteiger partial charge is 0.365 e. The second kappa shape index (κ2) is 8.97. The first kappa shape index (κ1) is 20.5. The van der Waals surface area contributed by atoms with Crippen molar-refractivity contribution in [1.29, 1.82) is 0 Å². The van der Waals surface area contributed by atoms with Crippen LogP contribution in [-0.4, -0.2) is 18.2 Å². The normalized spacial score (nSPS) is 17.6. The van der Waals surface area contributed by atoms with E-state index in [1.54, 1.807) is 0 Å². The summed E-state index contributed by atoms with van der Waals surface area (Å²) >= 11 is 7.90. The molecule has 5 heteroatoms. The lowest BCUT2D eigenvalue weighted by molar-refractivity contribution is 0.0932. The van der Waals surface area contributed by atoms with Gasteiger partial charge in [0.15, 0.2) is 0 Å². The molecular weight excluding hydrogens is 424 g/mol. The molecule has 2 aliphatic rings. The number of nitrogens with one attached hydrogen (secondary N) is 1. The van der Waals surface area contributed by atoms with Crippen molar-refractivity contribution in [1.82, 2.24) is 5.32 Å². The number of carbonyl (C=O) groups excluding carboxylic acids is 1. The number of thioether (sulfide) groups is 1. The first-order chi connectivity index (χ1) is 15.2. The van der Waals surface area contributed by atoms with Crippen LogP contribution in [0.15, 0.2) is 71.6 Å². The average molecular weight is 449 g/mol. The number of rotatable bonds is 4. The van der Waals surface area contributed by atoms with Gasteiger partial charge in [0.2, 0.25) is 0 Å². The molecule has 158 valence electrons. The molecule has 1 heterocycles. The molecule has 1 amide bonds. The lowest BCUT2D eigenvalue weighted by Gasteiger charge is -2.31. The molecule has 0 saturated heterocycles. The maximum atomic E-state index is 13.2. The summed E-state index contributed by atoms with van der Waals surface area (Å²) in [5.74, 6) is 1.05. The van der Waals surface area contributed by atoms with E-state index in [1.807, 2.05) is 30.0 Å². The fourth-order valence-corrected chi connectivity index (χ4v) is 5.69. The highest BCUT2D eigenvalue weighted by Gasteiger charge is 2.24. The number of hydrogen-bond donors (Lipinski definition) is 1. The van der Waals surface area contributed by atoms with E-state index in [1.165, 1.54) is 21.6 Å². The van der Waals surface area contributed by atoms with Crippen LogP contribution in [0.25, 0.3) is 0 Å². The third kappa shape index (κ3) is 4.46. The predicted octanol–water partition coefficient (Wildman–Crippen LogP) is 6.26. The molecule has 0 bridgehead atoms. The number of fused-ring (bicyclic) bond motifs is 2. The summed E-state index contributed by atoms with van der Waals surface area (Å²) in [4.78, 5) is 16.8. The number of amides is 1. The van der Waals surface area contributed by atoms with Gasteiger partial charge in [-0.1, -0.05) is 48.0 Å². The zero-order chi connectivity index (χ0) is 21.2. The van der Waals surface area contributed by atoms with Crippen molar-refractivity contribution in [2.45, 2.75) is 36.7 Å². The van der Waals surface area contributed by atoms with Crippen molar-refractivity contribution in [3.63, 3.8) is 0 Å². The third-order valence-electron chi connectivity index (χ3n) is 6.14. The SMILES string of the molecule is O=C(N[C@H]1CCCc2ccccc21)c1ccc2c(c1)N(Cc1ccc(Cl)cc1)CCS2. The van der Waals surface area contributed by atoms with E-state index in [0.717, 1.165) is 54.4 Å². The molecule has 0 saturated carbocycles. The van der Waals surface area contributed by atoms with Crippen LogP contribution in [-0.2, 0) is 13.0 Å². The van der Waals surface area contributed by atoms with Gasteiger partial charge in [-0.15, -0.1) is 11.8 Å². The number of aryl methyl sites for hydroxylation is 1. The molecular formula is C26H25ClN2OS. The summed E-state index contributed by atoms with van der Waals surface area (Å²) in [6.07, 6.45) is 3.20. The van der Waals surface area contributed by atoms with E-state index in [9.17, 15) is 4.79 Å². The second-order valence-corrected chi connectivity index (χ2v) is 9.77. The Balaban J connectivity index is 1.36. The van der Waals surface area contributed by atoms with Gasteiger partial charge in [0.05, 0.1) is 11.7 Å². The molecule has 3 aromatic rings. The Hall–Kier alpha value is -2.43. The van der Waals surface area contributed by atoms with Crippen molar-refractivity contribution >= 4 is 35.0 Å². The Kier molecular flexibility index (Phi) is 5.93. The summed E-state index contributed by atoms with van der Waals surface area (Å²) in [6.45, 7) is 1.77. The first-order valence-electron chi connectivity index (χ1n) is 10.8. The Morgan fingerprint density at radius 1 is 1.10 bits per heavy atom. The fraction of sp³-hybridized carbons (Fsp3) is 0.269. The second-order valence-electron chi connectivity index (χ2n) is 8.20. The summed E-state index contributed by atoms with van der Waals surface area (Å²) in [5.41, 5.74) is 5.71. The van der Waals surface area contributed by atoms with Gasteiger partial charge in [-0.25, -0.2) is 0 Å². The topological polar surface area (TPSA) is 32.3 Å². The Morgan fingerprint density at radius 3 is 2.81 bits per heavy atom. The van der Waals surface area contributed by atoms with Gasteiger partial charge in [0.1, 0.15) is 0 Å². The van der Waals surface area contributed by atoms with Crippen LogP contribution >= 0.6 is 23.4 Å². The van der Waals surface area contributed by atoms with Crippen LogP contribution in [0.4, 0.5) is 5.69 Å². The van der Waals surface area contributed by atoms with Crippen LogP contribution in [0.1, 0.15) is 45.9 Å². The van der Waals surface area contributed by atoms with E-state index in [0.29, 0.717) is 0 Å². The van der Waals surface area contributed by atoms with E-state index in [-0.39, 0.29) is 11.9 Å². The van der Waals surface area contributed by atoms with Gasteiger partial charge in [0.25, 0.3) is 5.91 Å². The van der Waals surface area contributed by atoms with Gasteiger partial charge in [0, 0.05) is 34.3 Å². The lowest BCUT2D eigenvalue weighted by atomic mass is 9.87. The molecule has 3 nitrogen and oxygen atoms in total. The number of halogens is 1. The van der Waals surface area contributed by atoms with Crippen molar-refractivity contribution in [2.24, 2.45) is 0 Å². The highest BCUT2D eigenvalue weighted by atomic mass is 35.5. The van der Waals surface area contributed by atoms with Crippen molar-refractivity contribution in [3.8, 4) is 0 Å². The van der Waals surface area contributed by atoms with Gasteiger partial charge in [-0.2, -0.15) is 0 Å². The molecule has 3 aromatic carbocycles. The van der Waals surface area contributed by atoms with Crippen LogP contribution < -0.4 is 10.2 Å². The molecule has 1 aliphatic carbocycles. The third-order valence-corrected chi connectivity index (χ3v) is 7.44.